The zero-order chi connectivity index (χ0) is 35.2. The Labute approximate surface area is 294 Å². The number of ether oxygens (including phenoxy) is 2. The van der Waals surface area contributed by atoms with Crippen LogP contribution < -0.4 is 0 Å². The highest BCUT2D eigenvalue weighted by molar-refractivity contribution is 6.01. The summed E-state index contributed by atoms with van der Waals surface area (Å²) in [4.78, 5) is 36.1. The number of imidazole rings is 2. The van der Waals surface area contributed by atoms with Gasteiger partial charge < -0.3 is 18.6 Å². The van der Waals surface area contributed by atoms with Gasteiger partial charge in [-0.05, 0) is 84.8 Å². The van der Waals surface area contributed by atoms with Gasteiger partial charge in [-0.15, -0.1) is 0 Å². The molecule has 8 heteroatoms. The fraction of sp³-hybridized carbons (Fsp3) is 0.333. The van der Waals surface area contributed by atoms with Crippen molar-refractivity contribution in [1.29, 1.82) is 0 Å². The van der Waals surface area contributed by atoms with Gasteiger partial charge in [0.15, 0.2) is 0 Å². The maximum absolute atomic E-state index is 13.3. The molecule has 0 aliphatic rings. The van der Waals surface area contributed by atoms with Crippen molar-refractivity contribution in [3.8, 4) is 22.5 Å². The van der Waals surface area contributed by atoms with Gasteiger partial charge in [-0.3, -0.25) is 0 Å². The van der Waals surface area contributed by atoms with E-state index >= 15 is 0 Å². The number of hydrogen-bond acceptors (Lipinski definition) is 6. The highest BCUT2D eigenvalue weighted by Crippen LogP contribution is 2.32. The van der Waals surface area contributed by atoms with E-state index in [1.807, 2.05) is 50.2 Å². The summed E-state index contributed by atoms with van der Waals surface area (Å²) in [7, 11) is 2.06. The second-order valence-electron chi connectivity index (χ2n) is 12.9. The first kappa shape index (κ1) is 34.6. The number of carbonyl (C=O) groups is 2. The number of rotatable bonds is 14. The van der Waals surface area contributed by atoms with Gasteiger partial charge in [0.05, 0.1) is 46.4 Å². The number of hydrogen-bond donors (Lipinski definition) is 0. The first-order valence-corrected chi connectivity index (χ1v) is 17.8. The Morgan fingerprint density at radius 1 is 0.740 bits per heavy atom. The van der Waals surface area contributed by atoms with E-state index in [-0.39, 0.29) is 0 Å². The molecule has 258 valence electrons. The third-order valence-corrected chi connectivity index (χ3v) is 9.19. The predicted molar refractivity (Wildman–Crippen MR) is 200 cm³/mol. The molecule has 0 saturated carbocycles. The topological polar surface area (TPSA) is 88.2 Å². The Balaban J connectivity index is 1.33. The van der Waals surface area contributed by atoms with Crippen molar-refractivity contribution in [3.63, 3.8) is 0 Å². The minimum Gasteiger partial charge on any atom is -0.462 e. The van der Waals surface area contributed by atoms with Crippen LogP contribution in [0.5, 0.6) is 0 Å². The standard InChI is InChI=1S/C42H46N4O4/c1-6-9-22-49-41(47)31-20-21-33(34(25-31)42(48)50-23-10-7-2)30-18-16-29(17-19-30)27-46-37-26-32(24-28(4)39(37)44-38(46)13-8-3)40-43-35-14-11-12-15-36(35)45(40)5/h11-12,14-21,24-26H,6-10,13,22-23,27H2,1-5H3. The molecule has 0 N–H and O–H groups in total. The van der Waals surface area contributed by atoms with Crippen LogP contribution in [-0.2, 0) is 29.5 Å². The average molecular weight is 671 g/mol. The van der Waals surface area contributed by atoms with E-state index in [0.29, 0.717) is 36.4 Å². The van der Waals surface area contributed by atoms with Crippen molar-refractivity contribution >= 4 is 34.0 Å². The van der Waals surface area contributed by atoms with Crippen LogP contribution in [0.4, 0.5) is 0 Å². The number of aryl methyl sites for hydroxylation is 3. The number of nitrogens with zero attached hydrogens (tertiary/aromatic N) is 4. The number of unbranched alkanes of at least 4 members (excludes halogenated alkanes) is 2. The third-order valence-electron chi connectivity index (χ3n) is 9.19. The maximum Gasteiger partial charge on any atom is 0.338 e. The van der Waals surface area contributed by atoms with Crippen molar-refractivity contribution < 1.29 is 19.1 Å². The average Bonchev–Trinajstić information content (AvgIpc) is 3.65. The molecule has 0 spiro atoms. The summed E-state index contributed by atoms with van der Waals surface area (Å²) in [6, 6.07) is 26.0. The van der Waals surface area contributed by atoms with E-state index in [2.05, 4.69) is 60.4 Å². The lowest BCUT2D eigenvalue weighted by atomic mass is 9.96. The molecule has 0 unspecified atom stereocenters. The Morgan fingerprint density at radius 3 is 2.16 bits per heavy atom. The summed E-state index contributed by atoms with van der Waals surface area (Å²) < 4.78 is 15.5. The van der Waals surface area contributed by atoms with E-state index in [0.717, 1.165) is 94.5 Å². The van der Waals surface area contributed by atoms with Crippen molar-refractivity contribution in [1.82, 2.24) is 19.1 Å². The molecule has 0 aliphatic carbocycles. The van der Waals surface area contributed by atoms with E-state index in [4.69, 9.17) is 19.4 Å². The maximum atomic E-state index is 13.3. The van der Waals surface area contributed by atoms with Crippen molar-refractivity contribution in [3.05, 3.63) is 107 Å². The fourth-order valence-electron chi connectivity index (χ4n) is 6.41. The quantitative estimate of drug-likeness (QED) is 0.0848. The third kappa shape index (κ3) is 7.20. The van der Waals surface area contributed by atoms with E-state index < -0.39 is 11.9 Å². The zero-order valence-electron chi connectivity index (χ0n) is 29.8. The monoisotopic (exact) mass is 670 g/mol. The number of para-hydroxylation sites is 2. The van der Waals surface area contributed by atoms with Gasteiger partial charge in [0.2, 0.25) is 0 Å². The smallest absolute Gasteiger partial charge is 0.338 e. The Morgan fingerprint density at radius 2 is 1.46 bits per heavy atom. The van der Waals surface area contributed by atoms with Gasteiger partial charge in [-0.2, -0.15) is 0 Å². The number of carbonyl (C=O) groups excluding carboxylic acids is 2. The molecule has 4 aromatic carbocycles. The fourth-order valence-corrected chi connectivity index (χ4v) is 6.41. The lowest BCUT2D eigenvalue weighted by Crippen LogP contribution is -2.12. The number of esters is 2. The molecule has 0 amide bonds. The lowest BCUT2D eigenvalue weighted by Gasteiger charge is -2.14. The SMILES string of the molecule is CCCCOC(=O)c1ccc(-c2ccc(Cn3c(CCC)nc4c(C)cc(-c5nc6ccccc6n5C)cc43)cc2)c(C(=O)OCCCC)c1. The molecule has 2 heterocycles. The molecule has 0 fully saturated rings. The number of fused-ring (bicyclic) bond motifs is 2. The van der Waals surface area contributed by atoms with Crippen LogP contribution in [-0.4, -0.2) is 44.3 Å². The Kier molecular flexibility index (Phi) is 10.8. The van der Waals surface area contributed by atoms with E-state index in [9.17, 15) is 9.59 Å². The van der Waals surface area contributed by atoms with Crippen LogP contribution in [0, 0.1) is 6.92 Å². The van der Waals surface area contributed by atoms with Gasteiger partial charge in [-0.25, -0.2) is 19.6 Å². The summed E-state index contributed by atoms with van der Waals surface area (Å²) in [5.41, 5.74) is 9.72. The molecular weight excluding hydrogens is 624 g/mol. The summed E-state index contributed by atoms with van der Waals surface area (Å²) in [6.07, 6.45) is 5.26. The molecule has 0 bridgehead atoms. The molecular formula is C42H46N4O4. The van der Waals surface area contributed by atoms with Gasteiger partial charge in [-0.1, -0.05) is 76.1 Å². The van der Waals surface area contributed by atoms with Crippen LogP contribution in [0.25, 0.3) is 44.6 Å². The van der Waals surface area contributed by atoms with Gasteiger partial charge in [0.1, 0.15) is 11.6 Å². The summed E-state index contributed by atoms with van der Waals surface area (Å²) in [5.74, 6) is 1.10. The van der Waals surface area contributed by atoms with Crippen LogP contribution in [0.15, 0.2) is 78.9 Å². The van der Waals surface area contributed by atoms with Crippen molar-refractivity contribution in [2.45, 2.75) is 72.8 Å². The van der Waals surface area contributed by atoms with E-state index in [1.54, 1.807) is 12.1 Å². The molecule has 0 atom stereocenters. The minimum absolute atomic E-state index is 0.329. The van der Waals surface area contributed by atoms with Crippen LogP contribution in [0.3, 0.4) is 0 Å². The molecule has 6 aromatic rings. The summed E-state index contributed by atoms with van der Waals surface area (Å²) >= 11 is 0. The van der Waals surface area contributed by atoms with Crippen LogP contribution in [0.1, 0.15) is 90.5 Å². The highest BCUT2D eigenvalue weighted by atomic mass is 16.5. The number of aromatic nitrogens is 4. The molecule has 0 saturated heterocycles. The van der Waals surface area contributed by atoms with Gasteiger partial charge in [0.25, 0.3) is 0 Å². The van der Waals surface area contributed by atoms with Crippen LogP contribution in [0.2, 0.25) is 0 Å². The minimum atomic E-state index is -0.443. The van der Waals surface area contributed by atoms with Crippen LogP contribution >= 0.6 is 0 Å². The molecule has 50 heavy (non-hydrogen) atoms. The van der Waals surface area contributed by atoms with E-state index in [1.165, 1.54) is 0 Å². The lowest BCUT2D eigenvalue weighted by molar-refractivity contribution is 0.0499. The first-order valence-electron chi connectivity index (χ1n) is 17.8. The summed E-state index contributed by atoms with van der Waals surface area (Å²) in [5, 5.41) is 0. The highest BCUT2D eigenvalue weighted by Gasteiger charge is 2.20. The van der Waals surface area contributed by atoms with Crippen molar-refractivity contribution in [2.75, 3.05) is 13.2 Å². The largest absolute Gasteiger partial charge is 0.462 e. The normalized spacial score (nSPS) is 11.4. The summed E-state index contributed by atoms with van der Waals surface area (Å²) in [6.45, 7) is 9.72. The first-order chi connectivity index (χ1) is 24.3. The zero-order valence-corrected chi connectivity index (χ0v) is 29.8. The van der Waals surface area contributed by atoms with Gasteiger partial charge in [0, 0.05) is 25.6 Å². The molecule has 6 rings (SSSR count). The molecule has 2 aromatic heterocycles. The molecule has 8 nitrogen and oxygen atoms in total. The molecule has 0 radical (unpaired) electrons. The molecule has 0 aliphatic heterocycles. The second-order valence-corrected chi connectivity index (χ2v) is 12.9. The second kappa shape index (κ2) is 15.5. The predicted octanol–water partition coefficient (Wildman–Crippen LogP) is 9.48. The Hall–Kier alpha value is -5.24. The Bertz CT molecular complexity index is 2140. The van der Waals surface area contributed by atoms with Crippen molar-refractivity contribution in [2.24, 2.45) is 7.05 Å². The van der Waals surface area contributed by atoms with Gasteiger partial charge >= 0.3 is 11.9 Å². The number of benzene rings is 4.